The van der Waals surface area contributed by atoms with Gasteiger partial charge >= 0.3 is 33.0 Å². The normalized spacial score (nSPS) is 30.9. The molecule has 72 valence electrons. The molecule has 5 heteroatoms. The SMILES string of the molecule is N[C@@H]1CCCC[C@@H]1N.[Cl][Ni][Cl]. The van der Waals surface area contributed by atoms with E-state index in [2.05, 4.69) is 0 Å². The molecule has 1 fully saturated rings. The average molecular weight is 244 g/mol. The summed E-state index contributed by atoms with van der Waals surface area (Å²) in [5.41, 5.74) is 11.3. The standard InChI is InChI=1S/C6H14N2.2ClH.Ni/c7-5-3-1-2-4-6(5)8;;;/h5-6H,1-4,7-8H2;2*1H;/q;;;+2/p-2/t5-,6+;;;. The van der Waals surface area contributed by atoms with Crippen molar-refractivity contribution < 1.29 is 12.7 Å². The number of halogens is 2. The van der Waals surface area contributed by atoms with E-state index in [4.69, 9.17) is 31.9 Å². The molecule has 0 spiro atoms. The third-order valence-corrected chi connectivity index (χ3v) is 1.87. The van der Waals surface area contributed by atoms with Gasteiger partial charge in [0.2, 0.25) is 0 Å². The van der Waals surface area contributed by atoms with E-state index in [1.165, 1.54) is 12.8 Å². The fourth-order valence-corrected chi connectivity index (χ4v) is 1.19. The van der Waals surface area contributed by atoms with Crippen LogP contribution in [-0.2, 0) is 12.7 Å². The molecule has 0 radical (unpaired) electrons. The fraction of sp³-hybridized carbons (Fsp3) is 1.00. The molecule has 0 unspecified atom stereocenters. The van der Waals surface area contributed by atoms with Crippen LogP contribution in [0.15, 0.2) is 0 Å². The molecule has 0 amide bonds. The Morgan fingerprint density at radius 1 is 1.00 bits per heavy atom. The van der Waals surface area contributed by atoms with Gasteiger partial charge in [-0.25, -0.2) is 0 Å². The van der Waals surface area contributed by atoms with Crippen molar-refractivity contribution in [3.8, 4) is 0 Å². The predicted octanol–water partition coefficient (Wildman–Crippen LogP) is 1.59. The summed E-state index contributed by atoms with van der Waals surface area (Å²) in [6, 6.07) is 0.562. The van der Waals surface area contributed by atoms with Gasteiger partial charge in [-0.2, -0.15) is 0 Å². The van der Waals surface area contributed by atoms with Gasteiger partial charge in [0.25, 0.3) is 0 Å². The van der Waals surface area contributed by atoms with Crippen molar-refractivity contribution in [3.05, 3.63) is 0 Å². The Kier molecular flexibility index (Phi) is 8.32. The molecule has 0 aromatic rings. The van der Waals surface area contributed by atoms with E-state index in [1.54, 1.807) is 0 Å². The Bertz CT molecular complexity index is 84.7. The predicted molar refractivity (Wildman–Crippen MR) is 46.1 cm³/mol. The Hall–Kier alpha value is 0.994. The second-order valence-electron chi connectivity index (χ2n) is 2.66. The Labute approximate surface area is 82.3 Å². The first-order valence-corrected chi connectivity index (χ1v) is 6.27. The molecule has 2 nitrogen and oxygen atoms in total. The van der Waals surface area contributed by atoms with E-state index in [1.807, 2.05) is 0 Å². The van der Waals surface area contributed by atoms with Crippen LogP contribution in [-0.4, -0.2) is 12.1 Å². The molecule has 11 heavy (non-hydrogen) atoms. The molecule has 1 aliphatic rings. The van der Waals surface area contributed by atoms with E-state index in [0.717, 1.165) is 12.8 Å². The third-order valence-electron chi connectivity index (χ3n) is 1.87. The van der Waals surface area contributed by atoms with Gasteiger partial charge < -0.3 is 11.5 Å². The first-order chi connectivity index (χ1) is 5.22. The number of nitrogens with two attached hydrogens (primary N) is 2. The van der Waals surface area contributed by atoms with Crippen LogP contribution < -0.4 is 11.5 Å². The minimum atomic E-state index is 0.281. The van der Waals surface area contributed by atoms with Gasteiger partial charge in [0.05, 0.1) is 0 Å². The molecule has 0 aromatic carbocycles. The zero-order valence-electron chi connectivity index (χ0n) is 6.21. The van der Waals surface area contributed by atoms with Crippen LogP contribution in [0.4, 0.5) is 0 Å². The summed E-state index contributed by atoms with van der Waals surface area (Å²) in [6.07, 6.45) is 4.80. The van der Waals surface area contributed by atoms with Crippen molar-refractivity contribution in [2.24, 2.45) is 11.5 Å². The summed E-state index contributed by atoms with van der Waals surface area (Å²) in [4.78, 5) is 0. The average Bonchev–Trinajstić information content (AvgIpc) is 1.97. The van der Waals surface area contributed by atoms with Crippen molar-refractivity contribution >= 4 is 20.4 Å². The van der Waals surface area contributed by atoms with Gasteiger partial charge in [0, 0.05) is 12.1 Å². The van der Waals surface area contributed by atoms with Crippen LogP contribution in [0.3, 0.4) is 0 Å². The second-order valence-corrected chi connectivity index (χ2v) is 4.29. The summed E-state index contributed by atoms with van der Waals surface area (Å²) >= 11 is 0.569. The van der Waals surface area contributed by atoms with Gasteiger partial charge in [0.15, 0.2) is 0 Å². The van der Waals surface area contributed by atoms with Crippen molar-refractivity contribution in [1.82, 2.24) is 0 Å². The fourth-order valence-electron chi connectivity index (χ4n) is 1.19. The quantitative estimate of drug-likeness (QED) is 0.635. The molecular weight excluding hydrogens is 230 g/mol. The van der Waals surface area contributed by atoms with E-state index in [-0.39, 0.29) is 12.1 Å². The number of hydrogen-bond donors (Lipinski definition) is 2. The zero-order valence-corrected chi connectivity index (χ0v) is 8.71. The molecule has 0 bridgehead atoms. The molecule has 2 atom stereocenters. The Morgan fingerprint density at radius 3 is 1.45 bits per heavy atom. The molecule has 0 saturated heterocycles. The van der Waals surface area contributed by atoms with Crippen molar-refractivity contribution in [1.29, 1.82) is 0 Å². The molecule has 4 N–H and O–H groups in total. The van der Waals surface area contributed by atoms with Crippen LogP contribution in [0.5, 0.6) is 0 Å². The van der Waals surface area contributed by atoms with Crippen LogP contribution >= 0.6 is 20.4 Å². The molecule has 1 saturated carbocycles. The van der Waals surface area contributed by atoms with E-state index < -0.39 is 0 Å². The summed E-state index contributed by atoms with van der Waals surface area (Å²) in [6.45, 7) is 0. The summed E-state index contributed by atoms with van der Waals surface area (Å²) in [7, 11) is 9.40. The van der Waals surface area contributed by atoms with Crippen LogP contribution in [0.2, 0.25) is 0 Å². The summed E-state index contributed by atoms with van der Waals surface area (Å²) in [5, 5.41) is 0. The maximum atomic E-state index is 5.65. The van der Waals surface area contributed by atoms with Crippen molar-refractivity contribution in [3.63, 3.8) is 0 Å². The first kappa shape index (κ1) is 12.0. The molecule has 0 heterocycles. The molecular formula is C6H14Cl2N2Ni. The summed E-state index contributed by atoms with van der Waals surface area (Å²) < 4.78 is 0. The monoisotopic (exact) mass is 242 g/mol. The van der Waals surface area contributed by atoms with Crippen LogP contribution in [0.1, 0.15) is 25.7 Å². The van der Waals surface area contributed by atoms with Crippen LogP contribution in [0, 0.1) is 0 Å². The van der Waals surface area contributed by atoms with Gasteiger partial charge in [-0.15, -0.1) is 0 Å². The van der Waals surface area contributed by atoms with Gasteiger partial charge in [-0.1, -0.05) is 12.8 Å². The van der Waals surface area contributed by atoms with Crippen molar-refractivity contribution in [2.75, 3.05) is 0 Å². The zero-order chi connectivity index (χ0) is 8.69. The molecule has 1 rings (SSSR count). The summed E-state index contributed by atoms with van der Waals surface area (Å²) in [5.74, 6) is 0. The number of hydrogen-bond acceptors (Lipinski definition) is 2. The molecule has 0 aliphatic heterocycles. The Morgan fingerprint density at radius 2 is 1.27 bits per heavy atom. The number of rotatable bonds is 0. The third kappa shape index (κ3) is 6.18. The molecule has 1 aliphatic carbocycles. The maximum absolute atomic E-state index is 5.65. The first-order valence-electron chi connectivity index (χ1n) is 3.56. The molecule has 0 aromatic heterocycles. The van der Waals surface area contributed by atoms with Gasteiger partial charge in [-0.3, -0.25) is 0 Å². The van der Waals surface area contributed by atoms with E-state index in [0.29, 0.717) is 12.7 Å². The Balaban J connectivity index is 0.000000292. The van der Waals surface area contributed by atoms with E-state index in [9.17, 15) is 0 Å². The second kappa shape index (κ2) is 7.63. The van der Waals surface area contributed by atoms with Crippen molar-refractivity contribution in [2.45, 2.75) is 37.8 Å². The van der Waals surface area contributed by atoms with Gasteiger partial charge in [0.1, 0.15) is 0 Å². The van der Waals surface area contributed by atoms with Gasteiger partial charge in [-0.05, 0) is 12.8 Å². The topological polar surface area (TPSA) is 52.0 Å². The minimum absolute atomic E-state index is 0.281. The van der Waals surface area contributed by atoms with E-state index >= 15 is 0 Å². The van der Waals surface area contributed by atoms with Crippen LogP contribution in [0.25, 0.3) is 0 Å².